The number of hydrogen-bond donors (Lipinski definition) is 1. The number of fused-ring (bicyclic) bond motifs is 1. The summed E-state index contributed by atoms with van der Waals surface area (Å²) in [7, 11) is 3.71. The molecule has 2 aromatic heterocycles. The number of benzene rings is 2. The van der Waals surface area contributed by atoms with E-state index in [0.29, 0.717) is 0 Å². The summed E-state index contributed by atoms with van der Waals surface area (Å²) >= 11 is 0. The molecular formula is C27H32N6O2. The third kappa shape index (κ3) is 4.47. The molecule has 5 rings (SSSR count). The summed E-state index contributed by atoms with van der Waals surface area (Å²) in [5.74, 6) is 1.59. The molecule has 8 heteroatoms. The minimum Gasteiger partial charge on any atom is -0.483 e. The molecule has 35 heavy (non-hydrogen) atoms. The topological polar surface area (TPSA) is 77.3 Å². The number of anilines is 1. The maximum atomic E-state index is 6.65. The van der Waals surface area contributed by atoms with Gasteiger partial charge in [0.15, 0.2) is 5.82 Å². The third-order valence-electron chi connectivity index (χ3n) is 6.66. The highest BCUT2D eigenvalue weighted by Gasteiger charge is 2.31. The van der Waals surface area contributed by atoms with Gasteiger partial charge in [0.1, 0.15) is 23.1 Å². The molecule has 1 fully saturated rings. The highest BCUT2D eigenvalue weighted by molar-refractivity contribution is 5.92. The fourth-order valence-electron chi connectivity index (χ4n) is 4.64. The van der Waals surface area contributed by atoms with Gasteiger partial charge >= 0.3 is 0 Å². The van der Waals surface area contributed by atoms with Crippen molar-refractivity contribution in [3.05, 3.63) is 71.5 Å². The number of methoxy groups -OCH3 is 1. The van der Waals surface area contributed by atoms with Crippen molar-refractivity contribution in [1.82, 2.24) is 25.3 Å². The highest BCUT2D eigenvalue weighted by atomic mass is 16.5. The van der Waals surface area contributed by atoms with Gasteiger partial charge in [-0.15, -0.1) is 5.10 Å². The largest absolute Gasteiger partial charge is 0.483 e. The monoisotopic (exact) mass is 472 g/mol. The minimum absolute atomic E-state index is 0.0808. The van der Waals surface area contributed by atoms with E-state index >= 15 is 0 Å². The Morgan fingerprint density at radius 1 is 1.03 bits per heavy atom. The van der Waals surface area contributed by atoms with Crippen LogP contribution in [-0.4, -0.2) is 59.9 Å². The summed E-state index contributed by atoms with van der Waals surface area (Å²) in [6.07, 6.45) is 0.988. The quantitative estimate of drug-likeness (QED) is 0.395. The normalized spacial score (nSPS) is 14.8. The zero-order valence-electron chi connectivity index (χ0n) is 20.7. The van der Waals surface area contributed by atoms with Gasteiger partial charge in [0.25, 0.3) is 0 Å². The predicted molar refractivity (Wildman–Crippen MR) is 137 cm³/mol. The molecule has 0 spiro atoms. The van der Waals surface area contributed by atoms with Crippen LogP contribution in [0.4, 0.5) is 5.82 Å². The van der Waals surface area contributed by atoms with Gasteiger partial charge in [-0.05, 0) is 45.1 Å². The molecular weight excluding hydrogens is 440 g/mol. The number of ether oxygens (including phenoxy) is 2. The Labute approximate surface area is 205 Å². The predicted octanol–water partition coefficient (Wildman–Crippen LogP) is 4.00. The van der Waals surface area contributed by atoms with Crippen LogP contribution in [0.3, 0.4) is 0 Å². The molecule has 0 bridgehead atoms. The van der Waals surface area contributed by atoms with Crippen molar-refractivity contribution < 1.29 is 9.47 Å². The minimum atomic E-state index is -0.0808. The van der Waals surface area contributed by atoms with Gasteiger partial charge in [0, 0.05) is 26.6 Å². The van der Waals surface area contributed by atoms with E-state index in [1.807, 2.05) is 42.9 Å². The molecule has 0 aliphatic carbocycles. The molecule has 1 aliphatic rings. The maximum absolute atomic E-state index is 6.65. The fraction of sp³-hybridized carbons (Fsp3) is 0.370. The van der Waals surface area contributed by atoms with Crippen molar-refractivity contribution in [3.8, 4) is 11.4 Å². The van der Waals surface area contributed by atoms with E-state index in [9.17, 15) is 0 Å². The maximum Gasteiger partial charge on any atom is 0.179 e. The lowest BCUT2D eigenvalue weighted by Crippen LogP contribution is -2.52. The Kier molecular flexibility index (Phi) is 6.66. The van der Waals surface area contributed by atoms with Crippen LogP contribution in [0.5, 0.6) is 5.75 Å². The van der Waals surface area contributed by atoms with Crippen molar-refractivity contribution in [3.63, 3.8) is 0 Å². The van der Waals surface area contributed by atoms with Crippen LogP contribution in [0, 0.1) is 13.8 Å². The second kappa shape index (κ2) is 10.0. The fourth-order valence-corrected chi connectivity index (χ4v) is 4.64. The second-order valence-electron chi connectivity index (χ2n) is 8.97. The Hall–Kier alpha value is -3.49. The van der Waals surface area contributed by atoms with Crippen LogP contribution >= 0.6 is 0 Å². The van der Waals surface area contributed by atoms with Gasteiger partial charge in [0.2, 0.25) is 0 Å². The zero-order valence-corrected chi connectivity index (χ0v) is 20.7. The number of hydrogen-bond acceptors (Lipinski definition) is 7. The van der Waals surface area contributed by atoms with Crippen molar-refractivity contribution >= 4 is 16.7 Å². The number of aryl methyl sites for hydroxylation is 2. The standard InChI is InChI=1S/C27H32N6O2/c1-18-25-19(2)33(31-26(25)27(30-29-18)32-16-21(17-32)34-4)22-12-8-9-13-24(22)35-23(14-15-28-3)20-10-6-5-7-11-20/h5-13,21,23,28H,14-17H2,1-4H3. The van der Waals surface area contributed by atoms with Crippen LogP contribution < -0.4 is 15.0 Å². The van der Waals surface area contributed by atoms with Crippen LogP contribution in [0.1, 0.15) is 29.5 Å². The molecule has 182 valence electrons. The van der Waals surface area contributed by atoms with Gasteiger partial charge in [0.05, 0.1) is 22.9 Å². The van der Waals surface area contributed by atoms with E-state index in [-0.39, 0.29) is 12.2 Å². The lowest BCUT2D eigenvalue weighted by molar-refractivity contribution is 0.0783. The van der Waals surface area contributed by atoms with Crippen molar-refractivity contribution in [1.29, 1.82) is 0 Å². The first-order valence-corrected chi connectivity index (χ1v) is 12.1. The average Bonchev–Trinajstić information content (AvgIpc) is 3.21. The van der Waals surface area contributed by atoms with Crippen LogP contribution in [0.15, 0.2) is 54.6 Å². The molecule has 1 unspecified atom stereocenters. The summed E-state index contributed by atoms with van der Waals surface area (Å²) in [5, 5.41) is 18.3. The van der Waals surface area contributed by atoms with Crippen LogP contribution in [0.25, 0.3) is 16.6 Å². The van der Waals surface area contributed by atoms with E-state index < -0.39 is 0 Å². The van der Waals surface area contributed by atoms with E-state index in [2.05, 4.69) is 57.7 Å². The number of nitrogens with one attached hydrogen (secondary N) is 1. The Morgan fingerprint density at radius 2 is 1.77 bits per heavy atom. The second-order valence-corrected chi connectivity index (χ2v) is 8.97. The molecule has 8 nitrogen and oxygen atoms in total. The number of rotatable bonds is 9. The average molecular weight is 473 g/mol. The molecule has 1 aliphatic heterocycles. The molecule has 0 amide bonds. The lowest BCUT2D eigenvalue weighted by atomic mass is 10.1. The number of aromatic nitrogens is 4. The Bertz CT molecular complexity index is 1300. The van der Waals surface area contributed by atoms with Crippen molar-refractivity contribution in [2.45, 2.75) is 32.5 Å². The SMILES string of the molecule is CNCCC(Oc1ccccc1-n1nc2c(N3CC(OC)C3)nnc(C)c2c1C)c1ccccc1. The Balaban J connectivity index is 1.55. The van der Waals surface area contributed by atoms with E-state index in [0.717, 1.165) is 71.2 Å². The summed E-state index contributed by atoms with van der Waals surface area (Å²) in [6, 6.07) is 18.4. The summed E-state index contributed by atoms with van der Waals surface area (Å²) in [5.41, 5.74) is 4.78. The summed E-state index contributed by atoms with van der Waals surface area (Å²) < 4.78 is 14.1. The first-order valence-electron chi connectivity index (χ1n) is 12.1. The summed E-state index contributed by atoms with van der Waals surface area (Å²) in [6.45, 7) is 6.50. The summed E-state index contributed by atoms with van der Waals surface area (Å²) in [4.78, 5) is 2.17. The lowest BCUT2D eigenvalue weighted by Gasteiger charge is -2.38. The smallest absolute Gasteiger partial charge is 0.179 e. The first kappa shape index (κ1) is 23.3. The highest BCUT2D eigenvalue weighted by Crippen LogP contribution is 2.35. The zero-order chi connectivity index (χ0) is 24.4. The van der Waals surface area contributed by atoms with Gasteiger partial charge in [-0.1, -0.05) is 42.5 Å². The van der Waals surface area contributed by atoms with E-state index in [1.54, 1.807) is 7.11 Å². The van der Waals surface area contributed by atoms with Crippen molar-refractivity contribution in [2.75, 3.05) is 38.7 Å². The van der Waals surface area contributed by atoms with Gasteiger partial charge in [-0.3, -0.25) is 0 Å². The number of nitrogens with zero attached hydrogens (tertiary/aromatic N) is 5. The first-order chi connectivity index (χ1) is 17.1. The van der Waals surface area contributed by atoms with Gasteiger partial charge in [-0.25, -0.2) is 4.68 Å². The Morgan fingerprint density at radius 3 is 2.51 bits per heavy atom. The van der Waals surface area contributed by atoms with Gasteiger partial charge in [-0.2, -0.15) is 10.2 Å². The molecule has 3 heterocycles. The van der Waals surface area contributed by atoms with Crippen molar-refractivity contribution in [2.24, 2.45) is 0 Å². The molecule has 0 radical (unpaired) electrons. The van der Waals surface area contributed by atoms with Gasteiger partial charge < -0.3 is 19.7 Å². The number of para-hydroxylation sites is 2. The molecule has 0 saturated carbocycles. The molecule has 1 atom stereocenters. The molecule has 4 aromatic rings. The third-order valence-corrected chi connectivity index (χ3v) is 6.66. The molecule has 1 saturated heterocycles. The van der Waals surface area contributed by atoms with E-state index in [4.69, 9.17) is 14.6 Å². The van der Waals surface area contributed by atoms with Crippen LogP contribution in [-0.2, 0) is 4.74 Å². The van der Waals surface area contributed by atoms with E-state index in [1.165, 1.54) is 0 Å². The molecule has 2 aromatic carbocycles. The molecule has 1 N–H and O–H groups in total. The van der Waals surface area contributed by atoms with Crippen LogP contribution in [0.2, 0.25) is 0 Å².